The van der Waals surface area contributed by atoms with Gasteiger partial charge >= 0.3 is 17.9 Å². The van der Waals surface area contributed by atoms with Crippen molar-refractivity contribution < 1.29 is 42.9 Å². The number of allylic oxidation sites excluding steroid dienone is 6. The third kappa shape index (κ3) is 72.8. The van der Waals surface area contributed by atoms with E-state index in [1.807, 2.05) is 21.1 Å². The Labute approximate surface area is 553 Å². The quantitative estimate of drug-likeness (QED) is 0.0211. The van der Waals surface area contributed by atoms with Crippen LogP contribution in [-0.2, 0) is 33.3 Å². The fraction of sp³-hybridized carbons (Fsp3) is 0.887. The normalized spacial score (nSPS) is 12.8. The van der Waals surface area contributed by atoms with Crippen molar-refractivity contribution >= 4 is 17.9 Å². The van der Waals surface area contributed by atoms with E-state index in [2.05, 4.69) is 50.3 Å². The number of unbranched alkanes of at least 4 members (excludes halogenated alkanes) is 53. The van der Waals surface area contributed by atoms with Gasteiger partial charge in [-0.05, 0) is 70.6 Å². The number of ether oxygens (including phenoxy) is 4. The van der Waals surface area contributed by atoms with Gasteiger partial charge in [-0.3, -0.25) is 9.59 Å². The van der Waals surface area contributed by atoms with Crippen LogP contribution >= 0.6 is 0 Å². The summed E-state index contributed by atoms with van der Waals surface area (Å²) in [5, 5.41) is 9.76. The number of carboxylic acids is 1. The van der Waals surface area contributed by atoms with Crippen LogP contribution in [0.5, 0.6) is 0 Å². The molecule has 9 heteroatoms. The Morgan fingerprint density at radius 2 is 0.607 bits per heavy atom. The van der Waals surface area contributed by atoms with Gasteiger partial charge in [0.2, 0.25) is 0 Å². The number of aliphatic carboxylic acids is 1. The largest absolute Gasteiger partial charge is 0.477 e. The Morgan fingerprint density at radius 1 is 0.337 bits per heavy atom. The van der Waals surface area contributed by atoms with E-state index in [0.717, 1.165) is 44.9 Å². The first-order valence-corrected chi connectivity index (χ1v) is 39.2. The number of carboxylic acid groups (broad SMARTS) is 1. The highest BCUT2D eigenvalue weighted by Crippen LogP contribution is 2.19. The minimum absolute atomic E-state index is 0.176. The van der Waals surface area contributed by atoms with E-state index in [9.17, 15) is 19.5 Å². The summed E-state index contributed by atoms with van der Waals surface area (Å²) in [5.41, 5.74) is 0. The van der Waals surface area contributed by atoms with E-state index in [4.69, 9.17) is 18.9 Å². The lowest BCUT2D eigenvalue weighted by Gasteiger charge is -2.25. The van der Waals surface area contributed by atoms with Gasteiger partial charge in [0.05, 0.1) is 34.4 Å². The maximum atomic E-state index is 13.0. The van der Waals surface area contributed by atoms with Crippen LogP contribution in [0.4, 0.5) is 0 Å². The van der Waals surface area contributed by atoms with E-state index in [0.29, 0.717) is 17.4 Å². The standard InChI is InChI=1S/C80H151NO8/c1-6-8-10-12-14-16-18-20-22-24-26-28-30-31-32-33-34-35-36-37-38-39-40-41-42-43-44-45-46-47-49-51-53-55-57-59-61-63-65-67-69-71-78(83)89-76(75-88-80(79(84)85)86-73-72-81(3,4)5)74-87-77(82)70-68-66-64-62-60-58-56-54-52-50-48-29-27-25-23-21-19-17-15-13-11-9-7-2/h18,20,24-27,76,80H,6-17,19,21-23,28-75H2,1-5H3/p+1/b20-18-,26-24-,27-25-. The number of likely N-dealkylation sites (N-methyl/N-ethyl adjacent to an activating group) is 1. The molecule has 89 heavy (non-hydrogen) atoms. The number of carbonyl (C=O) groups is 3. The zero-order valence-electron chi connectivity index (χ0n) is 60.1. The molecule has 0 saturated carbocycles. The Hall–Kier alpha value is -2.49. The van der Waals surface area contributed by atoms with E-state index in [-0.39, 0.29) is 38.2 Å². The predicted molar refractivity (Wildman–Crippen MR) is 383 cm³/mol. The van der Waals surface area contributed by atoms with Gasteiger partial charge in [0.15, 0.2) is 6.10 Å². The molecule has 0 aromatic carbocycles. The van der Waals surface area contributed by atoms with Crippen LogP contribution in [0, 0.1) is 0 Å². The molecule has 2 unspecified atom stereocenters. The summed E-state index contributed by atoms with van der Waals surface area (Å²) in [6, 6.07) is 0. The van der Waals surface area contributed by atoms with Gasteiger partial charge in [-0.25, -0.2) is 4.79 Å². The fourth-order valence-electron chi connectivity index (χ4n) is 11.9. The summed E-state index contributed by atoms with van der Waals surface area (Å²) in [4.78, 5) is 37.7. The molecule has 0 rings (SSSR count). The Morgan fingerprint density at radius 3 is 0.899 bits per heavy atom. The van der Waals surface area contributed by atoms with Gasteiger partial charge in [0.25, 0.3) is 6.29 Å². The fourth-order valence-corrected chi connectivity index (χ4v) is 11.9. The highest BCUT2D eigenvalue weighted by molar-refractivity contribution is 5.71. The third-order valence-corrected chi connectivity index (χ3v) is 17.9. The van der Waals surface area contributed by atoms with Gasteiger partial charge in [0, 0.05) is 12.8 Å². The van der Waals surface area contributed by atoms with Crippen molar-refractivity contribution in [2.75, 3.05) is 47.5 Å². The van der Waals surface area contributed by atoms with Gasteiger partial charge in [-0.1, -0.05) is 352 Å². The molecule has 524 valence electrons. The first kappa shape index (κ1) is 86.5. The summed E-state index contributed by atoms with van der Waals surface area (Å²) in [7, 11) is 5.99. The first-order valence-electron chi connectivity index (χ1n) is 39.2. The first-order chi connectivity index (χ1) is 43.6. The second kappa shape index (κ2) is 71.4. The minimum atomic E-state index is -1.51. The van der Waals surface area contributed by atoms with Gasteiger partial charge in [0.1, 0.15) is 13.2 Å². The van der Waals surface area contributed by atoms with E-state index >= 15 is 0 Å². The maximum Gasteiger partial charge on any atom is 0.361 e. The number of carbonyl (C=O) groups excluding carboxylic acids is 2. The molecule has 0 saturated heterocycles. The molecule has 1 N–H and O–H groups in total. The van der Waals surface area contributed by atoms with Crippen molar-refractivity contribution in [1.29, 1.82) is 0 Å². The molecule has 0 aromatic rings. The summed E-state index contributed by atoms with van der Waals surface area (Å²) >= 11 is 0. The van der Waals surface area contributed by atoms with Gasteiger partial charge in [-0.15, -0.1) is 0 Å². The lowest BCUT2D eigenvalue weighted by molar-refractivity contribution is -0.870. The third-order valence-electron chi connectivity index (χ3n) is 17.9. The Balaban J connectivity index is 3.93. The number of esters is 2. The lowest BCUT2D eigenvalue weighted by Crippen LogP contribution is -2.40. The topological polar surface area (TPSA) is 108 Å². The van der Waals surface area contributed by atoms with E-state index in [1.54, 1.807) is 0 Å². The number of hydrogen-bond acceptors (Lipinski definition) is 7. The number of nitrogens with zero attached hydrogens (tertiary/aromatic N) is 1. The molecule has 9 nitrogen and oxygen atoms in total. The summed E-state index contributed by atoms with van der Waals surface area (Å²) in [6.45, 7) is 4.94. The number of hydrogen-bond donors (Lipinski definition) is 1. The second-order valence-electron chi connectivity index (χ2n) is 28.0. The van der Waals surface area contributed by atoms with Crippen molar-refractivity contribution in [3.63, 3.8) is 0 Å². The zero-order chi connectivity index (χ0) is 64.7. The molecule has 2 atom stereocenters. The van der Waals surface area contributed by atoms with Crippen LogP contribution in [0.15, 0.2) is 36.5 Å². The average Bonchev–Trinajstić information content (AvgIpc) is 3.64. The lowest BCUT2D eigenvalue weighted by atomic mass is 10.0. The monoisotopic (exact) mass is 1260 g/mol. The van der Waals surface area contributed by atoms with Crippen LogP contribution in [-0.4, -0.2) is 87.4 Å². The van der Waals surface area contributed by atoms with Crippen molar-refractivity contribution in [1.82, 2.24) is 0 Å². The minimum Gasteiger partial charge on any atom is -0.477 e. The van der Waals surface area contributed by atoms with Crippen molar-refractivity contribution in [2.24, 2.45) is 0 Å². The van der Waals surface area contributed by atoms with E-state index < -0.39 is 18.4 Å². The molecular formula is C80H152NO8+. The molecule has 0 bridgehead atoms. The van der Waals surface area contributed by atoms with Crippen molar-refractivity contribution in [3.05, 3.63) is 36.5 Å². The highest BCUT2D eigenvalue weighted by Gasteiger charge is 2.25. The van der Waals surface area contributed by atoms with Crippen LogP contribution in [0.1, 0.15) is 399 Å². The highest BCUT2D eigenvalue weighted by atomic mass is 16.7. The zero-order valence-corrected chi connectivity index (χ0v) is 60.1. The van der Waals surface area contributed by atoms with Crippen LogP contribution in [0.2, 0.25) is 0 Å². The SMILES string of the molecule is CCCCCCC/C=C\C/C=C\CCCCCCCCCCCCCCCCCCCCCCCCCCCCCCCC(=O)OC(COC(=O)CCCCCCCCCCCCC/C=C\CCCCCCCCCC)COC(OCC[N+](C)(C)C)C(=O)O. The predicted octanol–water partition coefficient (Wildman–Crippen LogP) is 24.7. The maximum absolute atomic E-state index is 13.0. The molecule has 0 aliphatic rings. The summed E-state index contributed by atoms with van der Waals surface area (Å²) in [6.07, 6.45) is 88.8. The van der Waals surface area contributed by atoms with Gasteiger partial charge < -0.3 is 28.5 Å². The van der Waals surface area contributed by atoms with Crippen LogP contribution in [0.25, 0.3) is 0 Å². The van der Waals surface area contributed by atoms with Gasteiger partial charge in [-0.2, -0.15) is 0 Å². The summed E-state index contributed by atoms with van der Waals surface area (Å²) < 4.78 is 23.0. The second-order valence-corrected chi connectivity index (χ2v) is 28.0. The molecule has 0 aromatic heterocycles. The molecule has 0 aliphatic heterocycles. The Kier molecular flexibility index (Phi) is 69.4. The van der Waals surface area contributed by atoms with Crippen molar-refractivity contribution in [3.8, 4) is 0 Å². The molecular weight excluding hydrogens is 1100 g/mol. The smallest absolute Gasteiger partial charge is 0.361 e. The summed E-state index contributed by atoms with van der Waals surface area (Å²) in [5.74, 6) is -1.97. The molecule has 0 radical (unpaired) electrons. The average molecular weight is 1260 g/mol. The van der Waals surface area contributed by atoms with Crippen LogP contribution < -0.4 is 0 Å². The molecule has 0 amide bonds. The van der Waals surface area contributed by atoms with Crippen molar-refractivity contribution in [2.45, 2.75) is 411 Å². The Bertz CT molecular complexity index is 1550. The molecule has 0 fully saturated rings. The van der Waals surface area contributed by atoms with E-state index in [1.165, 1.54) is 327 Å². The number of quaternary nitrogens is 1. The molecule has 0 aliphatic carbocycles. The van der Waals surface area contributed by atoms with Crippen LogP contribution in [0.3, 0.4) is 0 Å². The molecule has 0 heterocycles. The molecule has 0 spiro atoms. The number of rotatable bonds is 74.